The summed E-state index contributed by atoms with van der Waals surface area (Å²) in [4.78, 5) is 8.83. The number of anilines is 1. The fourth-order valence-corrected chi connectivity index (χ4v) is 1.71. The number of benzene rings is 1. The molecule has 0 bridgehead atoms. The van der Waals surface area contributed by atoms with Gasteiger partial charge in [-0.3, -0.25) is 0 Å². The van der Waals surface area contributed by atoms with Crippen LogP contribution in [0.4, 0.5) is 5.95 Å². The Kier molecular flexibility index (Phi) is 4.92. The number of aliphatic hydroxyl groups excluding tert-OH is 1. The maximum Gasteiger partial charge on any atom is 0.226 e. The highest BCUT2D eigenvalue weighted by Crippen LogP contribution is 2.23. The molecule has 0 fully saturated rings. The number of nitrogens with one attached hydrogen (secondary N) is 1. The Morgan fingerprint density at radius 2 is 2.11 bits per heavy atom. The van der Waals surface area contributed by atoms with Crippen molar-refractivity contribution in [1.82, 2.24) is 9.97 Å². The normalized spacial score (nSPS) is 10.6. The molecule has 102 valence electrons. The van der Waals surface area contributed by atoms with Crippen molar-refractivity contribution < 1.29 is 9.84 Å². The van der Waals surface area contributed by atoms with Gasteiger partial charge in [-0.1, -0.05) is 19.1 Å². The number of para-hydroxylation sites is 1. The molecule has 1 heterocycles. The maximum atomic E-state index is 8.80. The summed E-state index contributed by atoms with van der Waals surface area (Å²) in [5, 5.41) is 12.9. The van der Waals surface area contributed by atoms with Gasteiger partial charge in [0.25, 0.3) is 0 Å². The van der Waals surface area contributed by atoms with Crippen LogP contribution in [-0.4, -0.2) is 34.8 Å². The first kappa shape index (κ1) is 13.5. The SMILES string of the molecule is CCCNc1nc(OCCCO)c2ccccc2n1. The molecule has 5 heteroatoms. The Labute approximate surface area is 112 Å². The molecule has 0 radical (unpaired) electrons. The molecule has 0 unspecified atom stereocenters. The smallest absolute Gasteiger partial charge is 0.226 e. The highest BCUT2D eigenvalue weighted by Gasteiger charge is 2.08. The molecular weight excluding hydrogens is 242 g/mol. The van der Waals surface area contributed by atoms with E-state index in [4.69, 9.17) is 9.84 Å². The van der Waals surface area contributed by atoms with Crippen LogP contribution in [0.25, 0.3) is 10.9 Å². The molecule has 0 aliphatic heterocycles. The lowest BCUT2D eigenvalue weighted by atomic mass is 10.2. The molecule has 0 saturated heterocycles. The lowest BCUT2D eigenvalue weighted by molar-refractivity contribution is 0.231. The number of rotatable bonds is 7. The first-order valence-corrected chi connectivity index (χ1v) is 6.59. The highest BCUT2D eigenvalue weighted by molar-refractivity contribution is 5.84. The van der Waals surface area contributed by atoms with E-state index in [1.54, 1.807) is 0 Å². The van der Waals surface area contributed by atoms with Gasteiger partial charge in [0.05, 0.1) is 17.5 Å². The van der Waals surface area contributed by atoms with Crippen molar-refractivity contribution in [2.45, 2.75) is 19.8 Å². The number of hydrogen-bond donors (Lipinski definition) is 2. The topological polar surface area (TPSA) is 67.3 Å². The summed E-state index contributed by atoms with van der Waals surface area (Å²) in [6.45, 7) is 3.48. The van der Waals surface area contributed by atoms with Crippen molar-refractivity contribution in [3.8, 4) is 5.88 Å². The minimum absolute atomic E-state index is 0.115. The Bertz CT molecular complexity index is 531. The van der Waals surface area contributed by atoms with E-state index in [1.807, 2.05) is 24.3 Å². The highest BCUT2D eigenvalue weighted by atomic mass is 16.5. The molecule has 19 heavy (non-hydrogen) atoms. The molecule has 2 rings (SSSR count). The lowest BCUT2D eigenvalue weighted by Gasteiger charge is -2.10. The average molecular weight is 261 g/mol. The zero-order valence-electron chi connectivity index (χ0n) is 11.1. The van der Waals surface area contributed by atoms with Crippen LogP contribution < -0.4 is 10.1 Å². The molecule has 5 nitrogen and oxygen atoms in total. The maximum absolute atomic E-state index is 8.80. The summed E-state index contributed by atoms with van der Waals surface area (Å²) in [7, 11) is 0. The van der Waals surface area contributed by atoms with E-state index in [0.29, 0.717) is 24.9 Å². The first-order chi connectivity index (χ1) is 9.35. The van der Waals surface area contributed by atoms with Crippen LogP contribution in [0, 0.1) is 0 Å². The van der Waals surface area contributed by atoms with Crippen molar-refractivity contribution in [2.24, 2.45) is 0 Å². The fourth-order valence-electron chi connectivity index (χ4n) is 1.71. The molecular formula is C14H19N3O2. The molecule has 0 saturated carbocycles. The molecule has 0 amide bonds. The van der Waals surface area contributed by atoms with Crippen molar-refractivity contribution in [2.75, 3.05) is 25.1 Å². The Morgan fingerprint density at radius 1 is 1.26 bits per heavy atom. The number of nitrogens with zero attached hydrogens (tertiary/aromatic N) is 2. The van der Waals surface area contributed by atoms with Gasteiger partial charge in [0.15, 0.2) is 0 Å². The summed E-state index contributed by atoms with van der Waals surface area (Å²) < 4.78 is 5.63. The molecule has 0 aliphatic rings. The standard InChI is InChI=1S/C14H19N3O2/c1-2-8-15-14-16-12-7-4-3-6-11(12)13(17-14)19-10-5-9-18/h3-4,6-7,18H,2,5,8-10H2,1H3,(H,15,16,17). The lowest BCUT2D eigenvalue weighted by Crippen LogP contribution is -2.07. The second-order valence-corrected chi connectivity index (χ2v) is 4.22. The van der Waals surface area contributed by atoms with Crippen molar-refractivity contribution in [3.05, 3.63) is 24.3 Å². The number of hydrogen-bond acceptors (Lipinski definition) is 5. The van der Waals surface area contributed by atoms with Crippen LogP contribution in [0.2, 0.25) is 0 Å². The largest absolute Gasteiger partial charge is 0.477 e. The second kappa shape index (κ2) is 6.89. The van der Waals surface area contributed by atoms with Gasteiger partial charge in [0.2, 0.25) is 11.8 Å². The summed E-state index contributed by atoms with van der Waals surface area (Å²) in [6, 6.07) is 7.75. The van der Waals surface area contributed by atoms with Crippen LogP contribution in [0.5, 0.6) is 5.88 Å². The van der Waals surface area contributed by atoms with Gasteiger partial charge in [-0.05, 0) is 18.6 Å². The summed E-state index contributed by atoms with van der Waals surface area (Å²) in [6.07, 6.45) is 1.60. The van der Waals surface area contributed by atoms with E-state index in [2.05, 4.69) is 22.2 Å². The fraction of sp³-hybridized carbons (Fsp3) is 0.429. The van der Waals surface area contributed by atoms with E-state index in [0.717, 1.165) is 23.9 Å². The summed E-state index contributed by atoms with van der Waals surface area (Å²) in [5.74, 6) is 1.15. The number of aliphatic hydroxyl groups is 1. The third-order valence-corrected chi connectivity index (χ3v) is 2.64. The minimum Gasteiger partial charge on any atom is -0.477 e. The van der Waals surface area contributed by atoms with Gasteiger partial charge in [-0.25, -0.2) is 4.98 Å². The van der Waals surface area contributed by atoms with Crippen molar-refractivity contribution >= 4 is 16.9 Å². The monoisotopic (exact) mass is 261 g/mol. The first-order valence-electron chi connectivity index (χ1n) is 6.59. The molecule has 2 aromatic rings. The van der Waals surface area contributed by atoms with E-state index in [1.165, 1.54) is 0 Å². The Morgan fingerprint density at radius 3 is 2.89 bits per heavy atom. The molecule has 2 N–H and O–H groups in total. The predicted octanol–water partition coefficient (Wildman–Crippen LogP) is 2.21. The number of fused-ring (bicyclic) bond motifs is 1. The zero-order valence-corrected chi connectivity index (χ0v) is 11.1. The second-order valence-electron chi connectivity index (χ2n) is 4.22. The zero-order chi connectivity index (χ0) is 13.5. The molecule has 1 aromatic heterocycles. The van der Waals surface area contributed by atoms with Crippen molar-refractivity contribution in [1.29, 1.82) is 0 Å². The molecule has 0 atom stereocenters. The van der Waals surface area contributed by atoms with E-state index >= 15 is 0 Å². The van der Waals surface area contributed by atoms with Crippen LogP contribution in [0.3, 0.4) is 0 Å². The van der Waals surface area contributed by atoms with Crippen LogP contribution in [0.1, 0.15) is 19.8 Å². The van der Waals surface area contributed by atoms with Crippen LogP contribution in [0.15, 0.2) is 24.3 Å². The quantitative estimate of drug-likeness (QED) is 0.748. The molecule has 0 aliphatic carbocycles. The van der Waals surface area contributed by atoms with Crippen molar-refractivity contribution in [3.63, 3.8) is 0 Å². The summed E-state index contributed by atoms with van der Waals surface area (Å²) >= 11 is 0. The van der Waals surface area contributed by atoms with E-state index < -0.39 is 0 Å². The van der Waals surface area contributed by atoms with Crippen LogP contribution >= 0.6 is 0 Å². The van der Waals surface area contributed by atoms with Gasteiger partial charge in [0.1, 0.15) is 0 Å². The molecule has 0 spiro atoms. The van der Waals surface area contributed by atoms with Crippen LogP contribution in [-0.2, 0) is 0 Å². The van der Waals surface area contributed by atoms with E-state index in [9.17, 15) is 0 Å². The average Bonchev–Trinajstić information content (AvgIpc) is 2.45. The third kappa shape index (κ3) is 3.54. The third-order valence-electron chi connectivity index (χ3n) is 2.64. The van der Waals surface area contributed by atoms with Gasteiger partial charge < -0.3 is 15.2 Å². The van der Waals surface area contributed by atoms with Gasteiger partial charge in [-0.2, -0.15) is 4.98 Å². The number of ether oxygens (including phenoxy) is 1. The minimum atomic E-state index is 0.115. The van der Waals surface area contributed by atoms with E-state index in [-0.39, 0.29) is 6.61 Å². The van der Waals surface area contributed by atoms with Gasteiger partial charge in [-0.15, -0.1) is 0 Å². The van der Waals surface area contributed by atoms with Gasteiger partial charge >= 0.3 is 0 Å². The predicted molar refractivity (Wildman–Crippen MR) is 75.5 cm³/mol. The number of aromatic nitrogens is 2. The Hall–Kier alpha value is -1.88. The van der Waals surface area contributed by atoms with Gasteiger partial charge in [0, 0.05) is 19.6 Å². The molecule has 1 aromatic carbocycles. The summed E-state index contributed by atoms with van der Waals surface area (Å²) in [5.41, 5.74) is 0.857. The Balaban J connectivity index is 2.28.